The van der Waals surface area contributed by atoms with Crippen LogP contribution in [0, 0.1) is 11.8 Å². The van der Waals surface area contributed by atoms with Crippen molar-refractivity contribution in [1.82, 2.24) is 16.0 Å². The molecule has 2 saturated carbocycles. The topological polar surface area (TPSA) is 79.5 Å². The maximum atomic E-state index is 13.6. The molecule has 174 valence electrons. The van der Waals surface area contributed by atoms with Crippen molar-refractivity contribution < 1.29 is 18.7 Å². The Kier molecular flexibility index (Phi) is 9.35. The monoisotopic (exact) mass is 455 g/mol. The van der Waals surface area contributed by atoms with E-state index in [1.54, 1.807) is 0 Å². The van der Waals surface area contributed by atoms with Crippen LogP contribution in [0.1, 0.15) is 51.4 Å². The Hall–Kier alpha value is -1.44. The third-order valence-electron chi connectivity index (χ3n) is 6.19. The quantitative estimate of drug-likeness (QED) is 0.349. The van der Waals surface area contributed by atoms with Gasteiger partial charge in [0.15, 0.2) is 0 Å². The summed E-state index contributed by atoms with van der Waals surface area (Å²) in [5.41, 5.74) is 0.574. The molecule has 0 aromatic rings. The van der Waals surface area contributed by atoms with Crippen molar-refractivity contribution in [2.45, 2.75) is 75.1 Å². The molecule has 3 N–H and O–H groups in total. The van der Waals surface area contributed by atoms with Gasteiger partial charge in [-0.3, -0.25) is 9.59 Å². The number of allylic oxidation sites excluding steroid dienone is 1. The summed E-state index contributed by atoms with van der Waals surface area (Å²) < 4.78 is 19.1. The molecular formula is C23H35ClFN3O3. The molecule has 3 aliphatic rings. The third-order valence-corrected chi connectivity index (χ3v) is 6.68. The van der Waals surface area contributed by atoms with Crippen molar-refractivity contribution in [2.75, 3.05) is 19.7 Å². The van der Waals surface area contributed by atoms with Crippen LogP contribution in [0.15, 0.2) is 24.4 Å². The summed E-state index contributed by atoms with van der Waals surface area (Å²) in [5, 5.41) is 8.45. The fraction of sp³-hybridized carbons (Fsp3) is 0.739. The second-order valence-electron chi connectivity index (χ2n) is 8.99. The standard InChI is InChI=1S/C23H35ClFN3O3/c1-15(10-11-26-22(29)14-31-18-7-8-19(24)20(25)12-18)28-23(30)21-9-6-17(13-27-21)5-4-16-2-3-16/h4-5,16-21,27H,1-3,6-14H2,(H,26,29)(H,28,30)/b5-4+. The first-order valence-electron chi connectivity index (χ1n) is 11.5. The molecule has 1 heterocycles. The van der Waals surface area contributed by atoms with Gasteiger partial charge in [-0.2, -0.15) is 0 Å². The Bertz CT molecular complexity index is 662. The van der Waals surface area contributed by atoms with Crippen molar-refractivity contribution in [2.24, 2.45) is 11.8 Å². The molecule has 0 spiro atoms. The molecule has 1 aliphatic heterocycles. The highest BCUT2D eigenvalue weighted by molar-refractivity contribution is 6.21. The number of alkyl halides is 2. The van der Waals surface area contributed by atoms with Gasteiger partial charge in [0.25, 0.3) is 0 Å². The molecule has 0 aromatic heterocycles. The van der Waals surface area contributed by atoms with Crippen LogP contribution in [0.3, 0.4) is 0 Å². The SMILES string of the molecule is C=C(CCNC(=O)COC1CCC(Cl)C(F)C1)NC(=O)C1CCC(/C=C/C2CC2)CN1. The van der Waals surface area contributed by atoms with Gasteiger partial charge in [-0.05, 0) is 50.4 Å². The number of carbonyl (C=O) groups excluding carboxylic acids is 2. The Balaban J connectivity index is 1.23. The lowest BCUT2D eigenvalue weighted by atomic mass is 9.93. The van der Waals surface area contributed by atoms with Crippen LogP contribution < -0.4 is 16.0 Å². The fourth-order valence-electron chi connectivity index (χ4n) is 3.98. The Labute approximate surface area is 189 Å². The van der Waals surface area contributed by atoms with Crippen LogP contribution in [0.5, 0.6) is 0 Å². The van der Waals surface area contributed by atoms with E-state index in [9.17, 15) is 14.0 Å². The summed E-state index contributed by atoms with van der Waals surface area (Å²) in [6.07, 6.45) is 9.59. The number of ether oxygens (including phenoxy) is 1. The van der Waals surface area contributed by atoms with Crippen LogP contribution in [0.25, 0.3) is 0 Å². The van der Waals surface area contributed by atoms with Gasteiger partial charge in [0.1, 0.15) is 12.8 Å². The third kappa shape index (κ3) is 8.54. The lowest BCUT2D eigenvalue weighted by Crippen LogP contribution is -2.48. The number of carbonyl (C=O) groups is 2. The first-order chi connectivity index (χ1) is 14.9. The maximum Gasteiger partial charge on any atom is 0.246 e. The van der Waals surface area contributed by atoms with Crippen LogP contribution in [-0.2, 0) is 14.3 Å². The van der Waals surface area contributed by atoms with Crippen molar-refractivity contribution >= 4 is 23.4 Å². The van der Waals surface area contributed by atoms with Gasteiger partial charge in [-0.25, -0.2) is 4.39 Å². The zero-order chi connectivity index (χ0) is 22.2. The number of halogens is 2. The van der Waals surface area contributed by atoms with Gasteiger partial charge in [0.2, 0.25) is 11.8 Å². The van der Waals surface area contributed by atoms with E-state index in [0.717, 1.165) is 25.3 Å². The number of amides is 2. The first kappa shape index (κ1) is 24.2. The summed E-state index contributed by atoms with van der Waals surface area (Å²) in [6.45, 7) is 4.95. The van der Waals surface area contributed by atoms with Gasteiger partial charge < -0.3 is 20.7 Å². The van der Waals surface area contributed by atoms with Crippen LogP contribution in [-0.4, -0.2) is 55.2 Å². The van der Waals surface area contributed by atoms with E-state index < -0.39 is 11.5 Å². The Morgan fingerprint density at radius 2 is 1.87 bits per heavy atom. The maximum absolute atomic E-state index is 13.6. The molecule has 0 radical (unpaired) electrons. The number of nitrogens with one attached hydrogen (secondary N) is 3. The highest BCUT2D eigenvalue weighted by Gasteiger charge is 2.30. The average Bonchev–Trinajstić information content (AvgIpc) is 3.58. The van der Waals surface area contributed by atoms with Crippen molar-refractivity contribution in [3.05, 3.63) is 24.4 Å². The van der Waals surface area contributed by atoms with Gasteiger partial charge in [-0.1, -0.05) is 18.7 Å². The Morgan fingerprint density at radius 3 is 2.55 bits per heavy atom. The number of hydrogen-bond donors (Lipinski definition) is 3. The number of rotatable bonds is 10. The molecule has 5 unspecified atom stereocenters. The molecule has 3 fully saturated rings. The highest BCUT2D eigenvalue weighted by Crippen LogP contribution is 2.31. The van der Waals surface area contributed by atoms with Crippen LogP contribution in [0.2, 0.25) is 0 Å². The molecular weight excluding hydrogens is 421 g/mol. The predicted octanol–water partition coefficient (Wildman–Crippen LogP) is 2.97. The molecule has 6 nitrogen and oxygen atoms in total. The van der Waals surface area contributed by atoms with E-state index in [4.69, 9.17) is 16.3 Å². The van der Waals surface area contributed by atoms with Crippen molar-refractivity contribution in [3.8, 4) is 0 Å². The minimum atomic E-state index is -1.08. The Morgan fingerprint density at radius 1 is 1.13 bits per heavy atom. The largest absolute Gasteiger partial charge is 0.368 e. The fourth-order valence-corrected chi connectivity index (χ4v) is 4.21. The summed E-state index contributed by atoms with van der Waals surface area (Å²) in [6, 6.07) is -0.201. The molecule has 0 bridgehead atoms. The molecule has 1 saturated heterocycles. The summed E-state index contributed by atoms with van der Waals surface area (Å²) in [5.74, 6) is 0.956. The lowest BCUT2D eigenvalue weighted by Gasteiger charge is -2.28. The molecule has 8 heteroatoms. The van der Waals surface area contributed by atoms with E-state index in [1.165, 1.54) is 12.8 Å². The zero-order valence-corrected chi connectivity index (χ0v) is 18.8. The van der Waals surface area contributed by atoms with E-state index >= 15 is 0 Å². The van der Waals surface area contributed by atoms with Crippen LogP contribution >= 0.6 is 11.6 Å². The van der Waals surface area contributed by atoms with E-state index in [-0.39, 0.29) is 37.0 Å². The summed E-state index contributed by atoms with van der Waals surface area (Å²) in [7, 11) is 0. The minimum Gasteiger partial charge on any atom is -0.368 e. The van der Waals surface area contributed by atoms with Gasteiger partial charge in [0, 0.05) is 31.6 Å². The average molecular weight is 456 g/mol. The van der Waals surface area contributed by atoms with Gasteiger partial charge >= 0.3 is 0 Å². The van der Waals surface area contributed by atoms with E-state index in [2.05, 4.69) is 34.7 Å². The van der Waals surface area contributed by atoms with E-state index in [1.807, 2.05) is 0 Å². The second-order valence-corrected chi connectivity index (χ2v) is 9.55. The summed E-state index contributed by atoms with van der Waals surface area (Å²) in [4.78, 5) is 24.3. The lowest BCUT2D eigenvalue weighted by molar-refractivity contribution is -0.128. The predicted molar refractivity (Wildman–Crippen MR) is 119 cm³/mol. The molecule has 3 rings (SSSR count). The second kappa shape index (κ2) is 12.0. The number of hydrogen-bond acceptors (Lipinski definition) is 4. The van der Waals surface area contributed by atoms with Gasteiger partial charge in [0.05, 0.1) is 17.5 Å². The first-order valence-corrected chi connectivity index (χ1v) is 11.9. The highest BCUT2D eigenvalue weighted by atomic mass is 35.5. The van der Waals surface area contributed by atoms with E-state index in [0.29, 0.717) is 37.4 Å². The minimum absolute atomic E-state index is 0.0695. The van der Waals surface area contributed by atoms with Crippen molar-refractivity contribution in [1.29, 1.82) is 0 Å². The molecule has 5 atom stereocenters. The smallest absolute Gasteiger partial charge is 0.246 e. The molecule has 2 aliphatic carbocycles. The van der Waals surface area contributed by atoms with Crippen LogP contribution in [0.4, 0.5) is 4.39 Å². The molecule has 31 heavy (non-hydrogen) atoms. The molecule has 2 amide bonds. The summed E-state index contributed by atoms with van der Waals surface area (Å²) >= 11 is 5.86. The van der Waals surface area contributed by atoms with Gasteiger partial charge in [-0.15, -0.1) is 11.6 Å². The normalized spacial score (nSPS) is 31.4. The number of piperidine rings is 1. The zero-order valence-electron chi connectivity index (χ0n) is 18.1. The molecule has 0 aromatic carbocycles. The van der Waals surface area contributed by atoms with Crippen molar-refractivity contribution in [3.63, 3.8) is 0 Å².